The summed E-state index contributed by atoms with van der Waals surface area (Å²) >= 11 is 1.43. The number of halogens is 4. The summed E-state index contributed by atoms with van der Waals surface area (Å²) in [6.07, 6.45) is 1.70. The van der Waals surface area contributed by atoms with Crippen molar-refractivity contribution in [2.24, 2.45) is 0 Å². The van der Waals surface area contributed by atoms with Crippen LogP contribution in [0.3, 0.4) is 0 Å². The number of nitrogens with one attached hydrogen (secondary N) is 1. The van der Waals surface area contributed by atoms with Gasteiger partial charge in [0.1, 0.15) is 0 Å². The van der Waals surface area contributed by atoms with Gasteiger partial charge in [0.2, 0.25) is 0 Å². The van der Waals surface area contributed by atoms with E-state index in [-0.39, 0.29) is 28.7 Å². The van der Waals surface area contributed by atoms with E-state index >= 15 is 0 Å². The van der Waals surface area contributed by atoms with Crippen LogP contribution in [-0.4, -0.2) is 4.98 Å². The Morgan fingerprint density at radius 1 is 1.06 bits per heavy atom. The average molecular weight is 297 g/mol. The van der Waals surface area contributed by atoms with E-state index in [0.717, 1.165) is 0 Å². The van der Waals surface area contributed by atoms with Gasteiger partial charge in [0.05, 0.1) is 0 Å². The predicted octanol–water partition coefficient (Wildman–Crippen LogP) is -3.86. The van der Waals surface area contributed by atoms with E-state index in [1.165, 1.54) is 32.6 Å². The number of aromatic nitrogens is 1. The first-order valence-electron chi connectivity index (χ1n) is 4.03. The molecule has 0 aliphatic rings. The molecule has 0 aliphatic heterocycles. The number of aromatic amines is 1. The molecular weight excluding hydrogens is 291 g/mol. The van der Waals surface area contributed by atoms with Crippen molar-refractivity contribution < 1.29 is 54.0 Å². The van der Waals surface area contributed by atoms with Gasteiger partial charge in [0.15, 0.2) is 0 Å². The molecule has 1 aromatic heterocycles. The molecule has 6 heteroatoms. The van der Waals surface area contributed by atoms with E-state index in [0.29, 0.717) is 11.3 Å². The van der Waals surface area contributed by atoms with Crippen molar-refractivity contribution in [1.29, 1.82) is 0 Å². The van der Waals surface area contributed by atoms with Gasteiger partial charge in [-0.3, -0.25) is 0 Å². The number of hydrogen-bond acceptors (Lipinski definition) is 0. The molecule has 1 nitrogen and oxygen atoms in total. The molecule has 16 heavy (non-hydrogen) atoms. The Kier molecular flexibility index (Phi) is 6.27. The zero-order valence-electron chi connectivity index (χ0n) is 7.90. The van der Waals surface area contributed by atoms with Gasteiger partial charge in [-0.05, 0) is 0 Å². The molecule has 0 spiro atoms. The minimum Gasteiger partial charge on any atom is -1.00 e. The van der Waals surface area contributed by atoms with Gasteiger partial charge in [-0.2, -0.15) is 0 Å². The van der Waals surface area contributed by atoms with Crippen LogP contribution in [0.2, 0.25) is 0 Å². The smallest absolute Gasteiger partial charge is 1.00 e. The fourth-order valence-electron chi connectivity index (χ4n) is 1.26. The summed E-state index contributed by atoms with van der Waals surface area (Å²) in [7, 11) is 0. The average Bonchev–Trinajstić information content (AvgIpc) is 2.67. The summed E-state index contributed by atoms with van der Waals surface area (Å²) in [5.41, 5.74) is 1.06. The zero-order chi connectivity index (χ0) is 10.1. The second-order valence-electron chi connectivity index (χ2n) is 2.87. The number of rotatable bonds is 1. The van der Waals surface area contributed by atoms with Crippen molar-refractivity contribution in [3.05, 3.63) is 42.1 Å². The SMILES string of the molecule is Fc1ccc(-c2ccc[nH]2)c(F)[c]1[Ti+2].[Cl-].[Cl-]. The summed E-state index contributed by atoms with van der Waals surface area (Å²) < 4.78 is 26.6. The van der Waals surface area contributed by atoms with Gasteiger partial charge in [-0.1, -0.05) is 0 Å². The molecule has 1 heterocycles. The number of benzene rings is 1. The van der Waals surface area contributed by atoms with Crippen molar-refractivity contribution in [2.45, 2.75) is 0 Å². The van der Waals surface area contributed by atoms with Crippen molar-refractivity contribution in [1.82, 2.24) is 4.98 Å². The van der Waals surface area contributed by atoms with Crippen LogP contribution in [0.5, 0.6) is 0 Å². The first kappa shape index (κ1) is 15.7. The molecule has 0 saturated carbocycles. The van der Waals surface area contributed by atoms with E-state index < -0.39 is 11.6 Å². The molecular formula is C10H6Cl2F2NTi. The molecule has 0 aliphatic carbocycles. The molecule has 2 aromatic rings. The Balaban J connectivity index is 0.00000112. The van der Waals surface area contributed by atoms with Gasteiger partial charge in [0, 0.05) is 0 Å². The molecule has 0 bridgehead atoms. The molecule has 0 fully saturated rings. The second kappa shape index (κ2) is 6.40. The molecule has 0 amide bonds. The van der Waals surface area contributed by atoms with E-state index in [1.807, 2.05) is 0 Å². The molecule has 0 atom stereocenters. The third-order valence-corrected chi connectivity index (χ3v) is 2.69. The van der Waals surface area contributed by atoms with Gasteiger partial charge >= 0.3 is 91.4 Å². The quantitative estimate of drug-likeness (QED) is 0.519. The third kappa shape index (κ3) is 2.86. The molecule has 0 saturated heterocycles. The van der Waals surface area contributed by atoms with Crippen LogP contribution in [-0.2, 0) is 20.4 Å². The standard InChI is InChI=1S/C10H6F2N.2ClH.Ti/c11-7-3-4-8(9(12)6-7)10-2-1-5-13-10;;;/h1-5,13H;2*1H;/q;;;+2/p-2. The molecule has 1 aromatic carbocycles. The van der Waals surface area contributed by atoms with Crippen molar-refractivity contribution in [3.63, 3.8) is 0 Å². The topological polar surface area (TPSA) is 15.8 Å². The van der Waals surface area contributed by atoms with Gasteiger partial charge in [-0.25, -0.2) is 0 Å². The fourth-order valence-corrected chi connectivity index (χ4v) is 1.60. The van der Waals surface area contributed by atoms with Crippen molar-refractivity contribution in [3.8, 4) is 11.3 Å². The molecule has 2 rings (SSSR count). The normalized spacial score (nSPS) is 9.25. The summed E-state index contributed by atoms with van der Waals surface area (Å²) in [4.78, 5) is 2.88. The van der Waals surface area contributed by atoms with Crippen LogP contribution in [0.1, 0.15) is 0 Å². The Hall–Kier alpha value is -0.346. The van der Waals surface area contributed by atoms with Crippen molar-refractivity contribution >= 4 is 3.87 Å². The molecule has 83 valence electrons. The van der Waals surface area contributed by atoms with E-state index in [4.69, 9.17) is 0 Å². The predicted molar refractivity (Wildman–Crippen MR) is 45.8 cm³/mol. The van der Waals surface area contributed by atoms with Crippen LogP contribution in [0.4, 0.5) is 8.78 Å². The Morgan fingerprint density at radius 2 is 1.75 bits per heavy atom. The summed E-state index contributed by atoms with van der Waals surface area (Å²) in [5, 5.41) is 0. The van der Waals surface area contributed by atoms with Crippen LogP contribution in [0.25, 0.3) is 11.3 Å². The van der Waals surface area contributed by atoms with Gasteiger partial charge in [-0.15, -0.1) is 0 Å². The largest absolute Gasteiger partial charge is 1.00 e. The number of hydrogen-bond donors (Lipinski definition) is 1. The maximum atomic E-state index is 13.6. The Bertz CT molecular complexity index is 460. The minimum atomic E-state index is -0.516. The summed E-state index contributed by atoms with van der Waals surface area (Å²) in [6, 6.07) is 6.22. The summed E-state index contributed by atoms with van der Waals surface area (Å²) in [6.45, 7) is 0. The maximum absolute atomic E-state index is 13.6. The maximum Gasteiger partial charge on any atom is -1.00 e. The van der Waals surface area contributed by atoms with Crippen molar-refractivity contribution in [2.75, 3.05) is 0 Å². The molecule has 0 radical (unpaired) electrons. The first-order chi connectivity index (χ1) is 6.70. The first-order valence-corrected chi connectivity index (χ1v) is 4.81. The van der Waals surface area contributed by atoms with Crippen LogP contribution in [0, 0.1) is 11.6 Å². The monoisotopic (exact) mass is 296 g/mol. The molecule has 0 unspecified atom stereocenters. The third-order valence-electron chi connectivity index (χ3n) is 1.98. The Labute approximate surface area is 116 Å². The van der Waals surface area contributed by atoms with Crippen LogP contribution in [0.15, 0.2) is 30.5 Å². The van der Waals surface area contributed by atoms with E-state index in [9.17, 15) is 8.78 Å². The van der Waals surface area contributed by atoms with E-state index in [2.05, 4.69) is 4.98 Å². The Morgan fingerprint density at radius 3 is 2.31 bits per heavy atom. The fraction of sp³-hybridized carbons (Fsp3) is 0. The number of H-pyrrole nitrogens is 1. The van der Waals surface area contributed by atoms with Gasteiger partial charge < -0.3 is 24.8 Å². The zero-order valence-corrected chi connectivity index (χ0v) is 11.0. The minimum absolute atomic E-state index is 0. The van der Waals surface area contributed by atoms with Crippen LogP contribution >= 0.6 is 0 Å². The molecule has 1 N–H and O–H groups in total. The second-order valence-corrected chi connectivity index (χ2v) is 3.65. The van der Waals surface area contributed by atoms with Gasteiger partial charge in [0.25, 0.3) is 0 Å². The summed E-state index contributed by atoms with van der Waals surface area (Å²) in [5.74, 6) is -1.02. The van der Waals surface area contributed by atoms with Crippen LogP contribution < -0.4 is 28.7 Å². The van der Waals surface area contributed by atoms with E-state index in [1.54, 1.807) is 18.3 Å².